The number of carbonyl (C=O) groups excluding carboxylic acids is 3. The first-order chi connectivity index (χ1) is 15.1. The minimum atomic E-state index is -1.14. The Labute approximate surface area is 192 Å². The van der Waals surface area contributed by atoms with Crippen molar-refractivity contribution >= 4 is 35.5 Å². The zero-order valence-electron chi connectivity index (χ0n) is 18.9. The summed E-state index contributed by atoms with van der Waals surface area (Å²) in [4.78, 5) is 56.0. The second-order valence-corrected chi connectivity index (χ2v) is 8.65. The number of aliphatic carboxylic acids is 1. The predicted molar refractivity (Wildman–Crippen MR) is 122 cm³/mol. The first-order valence-corrected chi connectivity index (χ1v) is 11.9. The number of thioether (sulfide) groups is 1. The van der Waals surface area contributed by atoms with Crippen LogP contribution in [-0.4, -0.2) is 74.9 Å². The highest BCUT2D eigenvalue weighted by atomic mass is 32.2. The van der Waals surface area contributed by atoms with Gasteiger partial charge in [-0.2, -0.15) is 11.8 Å². The van der Waals surface area contributed by atoms with Gasteiger partial charge in [-0.1, -0.05) is 20.3 Å². The van der Waals surface area contributed by atoms with Crippen LogP contribution in [-0.2, 0) is 25.6 Å². The molecule has 0 bridgehead atoms. The van der Waals surface area contributed by atoms with Crippen LogP contribution in [0.1, 0.15) is 39.3 Å². The molecule has 5 atom stereocenters. The Morgan fingerprint density at radius 2 is 1.78 bits per heavy atom. The van der Waals surface area contributed by atoms with Crippen LogP contribution >= 0.6 is 11.8 Å². The third kappa shape index (κ3) is 8.87. The Morgan fingerprint density at radius 3 is 2.31 bits per heavy atom. The molecule has 32 heavy (non-hydrogen) atoms. The van der Waals surface area contributed by atoms with E-state index in [0.717, 1.165) is 0 Å². The molecule has 11 nitrogen and oxygen atoms in total. The first-order valence-electron chi connectivity index (χ1n) is 10.5. The lowest BCUT2D eigenvalue weighted by Crippen LogP contribution is -2.57. The Balaban J connectivity index is 2.84. The van der Waals surface area contributed by atoms with Crippen LogP contribution in [0.3, 0.4) is 0 Å². The van der Waals surface area contributed by atoms with Crippen molar-refractivity contribution < 1.29 is 24.3 Å². The van der Waals surface area contributed by atoms with Crippen molar-refractivity contribution in [2.75, 3.05) is 12.0 Å². The molecule has 0 saturated heterocycles. The molecule has 0 aliphatic rings. The van der Waals surface area contributed by atoms with E-state index in [1.165, 1.54) is 31.2 Å². The van der Waals surface area contributed by atoms with Gasteiger partial charge >= 0.3 is 5.97 Å². The molecule has 1 aromatic rings. The van der Waals surface area contributed by atoms with Gasteiger partial charge < -0.3 is 31.8 Å². The average Bonchev–Trinajstić information content (AvgIpc) is 3.27. The van der Waals surface area contributed by atoms with Gasteiger partial charge in [-0.15, -0.1) is 0 Å². The molecule has 1 rings (SSSR count). The summed E-state index contributed by atoms with van der Waals surface area (Å²) in [5, 5.41) is 16.9. The van der Waals surface area contributed by atoms with Gasteiger partial charge in [0.2, 0.25) is 17.7 Å². The summed E-state index contributed by atoms with van der Waals surface area (Å²) >= 11 is 1.47. The van der Waals surface area contributed by atoms with Crippen LogP contribution in [0.25, 0.3) is 0 Å². The van der Waals surface area contributed by atoms with Gasteiger partial charge in [0.1, 0.15) is 18.1 Å². The van der Waals surface area contributed by atoms with Crippen molar-refractivity contribution in [2.45, 2.75) is 64.2 Å². The van der Waals surface area contributed by atoms with Crippen molar-refractivity contribution in [3.05, 3.63) is 18.2 Å². The predicted octanol–water partition coefficient (Wildman–Crippen LogP) is -0.362. The molecule has 1 aromatic heterocycles. The van der Waals surface area contributed by atoms with Crippen LogP contribution in [0, 0.1) is 5.92 Å². The quantitative estimate of drug-likeness (QED) is 0.213. The van der Waals surface area contributed by atoms with Gasteiger partial charge in [0.05, 0.1) is 12.4 Å². The topological polar surface area (TPSA) is 179 Å². The number of carbonyl (C=O) groups is 4. The number of aromatic amines is 1. The fourth-order valence-corrected chi connectivity index (χ4v) is 3.25. The highest BCUT2D eigenvalue weighted by Crippen LogP contribution is 2.07. The molecule has 12 heteroatoms. The Kier molecular flexibility index (Phi) is 11.8. The third-order valence-corrected chi connectivity index (χ3v) is 5.79. The molecular formula is C20H34N6O5S. The van der Waals surface area contributed by atoms with Crippen molar-refractivity contribution in [1.82, 2.24) is 25.9 Å². The fraction of sp³-hybridized carbons (Fsp3) is 0.650. The summed E-state index contributed by atoms with van der Waals surface area (Å²) in [5.41, 5.74) is 6.59. The molecule has 0 aromatic carbocycles. The standard InChI is InChI=1S/C20H34N6O5S/c1-5-11(2)16(21)19(29)26-15(8-13-9-22-10-23-13)18(28)24-12(3)17(27)25-14(20(30)31)6-7-32-4/h9-12,14-16H,5-8,21H2,1-4H3,(H,22,23)(H,24,28)(H,25,27)(H,26,29)(H,30,31). The molecule has 0 aliphatic carbocycles. The third-order valence-electron chi connectivity index (χ3n) is 5.15. The maximum Gasteiger partial charge on any atom is 0.326 e. The zero-order chi connectivity index (χ0) is 24.3. The number of H-pyrrole nitrogens is 1. The van der Waals surface area contributed by atoms with Gasteiger partial charge in [-0.05, 0) is 31.3 Å². The van der Waals surface area contributed by atoms with Crippen LogP contribution < -0.4 is 21.7 Å². The second-order valence-electron chi connectivity index (χ2n) is 7.66. The lowest BCUT2D eigenvalue weighted by Gasteiger charge is -2.24. The van der Waals surface area contributed by atoms with E-state index >= 15 is 0 Å². The maximum atomic E-state index is 12.9. The molecule has 0 fully saturated rings. The molecular weight excluding hydrogens is 436 g/mol. The van der Waals surface area contributed by atoms with E-state index in [1.54, 1.807) is 0 Å². The van der Waals surface area contributed by atoms with E-state index in [0.29, 0.717) is 17.9 Å². The van der Waals surface area contributed by atoms with Crippen LogP contribution in [0.2, 0.25) is 0 Å². The number of nitrogens with two attached hydrogens (primary N) is 1. The molecule has 5 unspecified atom stereocenters. The number of hydrogen-bond acceptors (Lipinski definition) is 7. The van der Waals surface area contributed by atoms with E-state index in [4.69, 9.17) is 5.73 Å². The molecule has 0 saturated carbocycles. The lowest BCUT2D eigenvalue weighted by atomic mass is 9.98. The lowest BCUT2D eigenvalue weighted by molar-refractivity contribution is -0.142. The number of imidazole rings is 1. The molecule has 1 heterocycles. The molecule has 3 amide bonds. The van der Waals surface area contributed by atoms with Crippen molar-refractivity contribution in [3.8, 4) is 0 Å². The Morgan fingerprint density at radius 1 is 1.12 bits per heavy atom. The highest BCUT2D eigenvalue weighted by Gasteiger charge is 2.29. The zero-order valence-corrected chi connectivity index (χ0v) is 19.7. The second kappa shape index (κ2) is 13.7. The Bertz CT molecular complexity index is 760. The number of aromatic nitrogens is 2. The van der Waals surface area contributed by atoms with Crippen LogP contribution in [0.4, 0.5) is 0 Å². The van der Waals surface area contributed by atoms with Gasteiger partial charge in [0.25, 0.3) is 0 Å². The molecule has 0 aliphatic heterocycles. The van der Waals surface area contributed by atoms with E-state index < -0.39 is 47.9 Å². The Hall–Kier alpha value is -2.60. The van der Waals surface area contributed by atoms with Crippen molar-refractivity contribution in [2.24, 2.45) is 11.7 Å². The van der Waals surface area contributed by atoms with E-state index in [1.807, 2.05) is 20.1 Å². The highest BCUT2D eigenvalue weighted by molar-refractivity contribution is 7.98. The normalized spacial score (nSPS) is 15.7. The van der Waals surface area contributed by atoms with Gasteiger partial charge in [0.15, 0.2) is 0 Å². The number of carboxylic acid groups (broad SMARTS) is 1. The van der Waals surface area contributed by atoms with Crippen LogP contribution in [0.5, 0.6) is 0 Å². The van der Waals surface area contributed by atoms with Crippen molar-refractivity contribution in [1.29, 1.82) is 0 Å². The summed E-state index contributed by atoms with van der Waals surface area (Å²) in [5.74, 6) is -2.36. The summed E-state index contributed by atoms with van der Waals surface area (Å²) in [7, 11) is 0. The number of nitrogens with one attached hydrogen (secondary N) is 4. The van der Waals surface area contributed by atoms with Gasteiger partial charge in [0, 0.05) is 18.3 Å². The number of nitrogens with zero attached hydrogens (tertiary/aromatic N) is 1. The van der Waals surface area contributed by atoms with Crippen molar-refractivity contribution in [3.63, 3.8) is 0 Å². The van der Waals surface area contributed by atoms with Gasteiger partial charge in [-0.25, -0.2) is 9.78 Å². The summed E-state index contributed by atoms with van der Waals surface area (Å²) < 4.78 is 0. The average molecular weight is 471 g/mol. The maximum absolute atomic E-state index is 12.9. The number of rotatable bonds is 14. The monoisotopic (exact) mass is 470 g/mol. The summed E-state index contributed by atoms with van der Waals surface area (Å²) in [6.45, 7) is 5.20. The largest absolute Gasteiger partial charge is 0.480 e. The van der Waals surface area contributed by atoms with Crippen LogP contribution in [0.15, 0.2) is 12.5 Å². The minimum absolute atomic E-state index is 0.0789. The number of hydrogen-bond donors (Lipinski definition) is 6. The SMILES string of the molecule is CCC(C)C(N)C(=O)NC(Cc1cnc[nH]1)C(=O)NC(C)C(=O)NC(CCSC)C(=O)O. The van der Waals surface area contributed by atoms with E-state index in [9.17, 15) is 24.3 Å². The summed E-state index contributed by atoms with van der Waals surface area (Å²) in [6, 6.07) is -3.85. The fourth-order valence-electron chi connectivity index (χ4n) is 2.78. The number of amides is 3. The molecule has 180 valence electrons. The number of carboxylic acids is 1. The smallest absolute Gasteiger partial charge is 0.326 e. The molecule has 7 N–H and O–H groups in total. The summed E-state index contributed by atoms with van der Waals surface area (Å²) in [6.07, 6.45) is 5.89. The molecule has 0 spiro atoms. The molecule has 0 radical (unpaired) electrons. The van der Waals surface area contributed by atoms with E-state index in [2.05, 4.69) is 25.9 Å². The van der Waals surface area contributed by atoms with Gasteiger partial charge in [-0.3, -0.25) is 14.4 Å². The first kappa shape index (κ1) is 27.4. The van der Waals surface area contributed by atoms with E-state index in [-0.39, 0.29) is 18.8 Å². The minimum Gasteiger partial charge on any atom is -0.480 e.